The van der Waals surface area contributed by atoms with Crippen LogP contribution in [0.5, 0.6) is 0 Å². The van der Waals surface area contributed by atoms with E-state index in [2.05, 4.69) is 15.6 Å². The van der Waals surface area contributed by atoms with Gasteiger partial charge >= 0.3 is 0 Å². The first kappa shape index (κ1) is 14.5. The van der Waals surface area contributed by atoms with Crippen LogP contribution in [-0.4, -0.2) is 30.4 Å². The quantitative estimate of drug-likeness (QED) is 0.655. The van der Waals surface area contributed by atoms with Crippen LogP contribution in [0.4, 0.5) is 5.13 Å². The molecule has 0 unspecified atom stereocenters. The number of hydrogen-bond acceptors (Lipinski definition) is 4. The zero-order chi connectivity index (χ0) is 13.7. The van der Waals surface area contributed by atoms with Gasteiger partial charge in [0.25, 0.3) is 0 Å². The van der Waals surface area contributed by atoms with Crippen molar-refractivity contribution >= 4 is 55.6 Å². The first-order valence-corrected chi connectivity index (χ1v) is 7.40. The largest absolute Gasteiger partial charge is 0.385 e. The van der Waals surface area contributed by atoms with Crippen molar-refractivity contribution in [2.75, 3.05) is 25.6 Å². The number of ether oxygens (including phenoxy) is 1. The van der Waals surface area contributed by atoms with Gasteiger partial charge in [-0.15, -0.1) is 0 Å². The minimum atomic E-state index is 0.561. The summed E-state index contributed by atoms with van der Waals surface area (Å²) in [6, 6.07) is 5.72. The third-order valence-electron chi connectivity index (χ3n) is 2.40. The molecule has 0 saturated heterocycles. The highest BCUT2D eigenvalue weighted by atomic mass is 35.5. The van der Waals surface area contributed by atoms with Crippen LogP contribution < -0.4 is 10.6 Å². The first-order chi connectivity index (χ1) is 9.20. The van der Waals surface area contributed by atoms with Crippen molar-refractivity contribution in [3.8, 4) is 0 Å². The molecule has 0 bridgehead atoms. The van der Waals surface area contributed by atoms with Crippen molar-refractivity contribution in [1.82, 2.24) is 10.3 Å². The van der Waals surface area contributed by atoms with Gasteiger partial charge in [0.2, 0.25) is 0 Å². The number of anilines is 1. The van der Waals surface area contributed by atoms with Crippen LogP contribution >= 0.6 is 35.2 Å². The van der Waals surface area contributed by atoms with E-state index in [1.807, 2.05) is 18.2 Å². The van der Waals surface area contributed by atoms with Crippen molar-refractivity contribution in [2.24, 2.45) is 0 Å². The number of nitrogens with zero attached hydrogens (tertiary/aromatic N) is 1. The van der Waals surface area contributed by atoms with Crippen LogP contribution in [0.2, 0.25) is 5.02 Å². The summed E-state index contributed by atoms with van der Waals surface area (Å²) in [7, 11) is 1.68. The Hall–Kier alpha value is -0.950. The Morgan fingerprint density at radius 1 is 1.53 bits per heavy atom. The highest BCUT2D eigenvalue weighted by Crippen LogP contribution is 2.30. The first-order valence-electron chi connectivity index (χ1n) is 5.79. The molecule has 0 spiro atoms. The van der Waals surface area contributed by atoms with Crippen LogP contribution in [0.3, 0.4) is 0 Å². The topological polar surface area (TPSA) is 46.2 Å². The lowest BCUT2D eigenvalue weighted by Gasteiger charge is -2.07. The van der Waals surface area contributed by atoms with E-state index in [-0.39, 0.29) is 0 Å². The number of rotatable bonds is 5. The molecular formula is C12H14ClN3OS2. The van der Waals surface area contributed by atoms with Crippen molar-refractivity contribution in [3.05, 3.63) is 23.2 Å². The summed E-state index contributed by atoms with van der Waals surface area (Å²) in [5.74, 6) is 0. The summed E-state index contributed by atoms with van der Waals surface area (Å²) in [5, 5.41) is 8.12. The van der Waals surface area contributed by atoms with Crippen LogP contribution in [0, 0.1) is 0 Å². The molecular weight excluding hydrogens is 302 g/mol. The van der Waals surface area contributed by atoms with Gasteiger partial charge in [-0.25, -0.2) is 4.98 Å². The number of halogens is 1. The van der Waals surface area contributed by atoms with E-state index in [0.717, 1.165) is 28.3 Å². The van der Waals surface area contributed by atoms with Gasteiger partial charge in [0, 0.05) is 20.3 Å². The molecule has 4 nitrogen and oxygen atoms in total. The lowest BCUT2D eigenvalue weighted by atomic mass is 10.3. The number of methoxy groups -OCH3 is 1. The molecule has 0 amide bonds. The molecule has 2 rings (SSSR count). The molecule has 1 aromatic heterocycles. The number of nitrogens with one attached hydrogen (secondary N) is 2. The molecule has 1 aromatic carbocycles. The molecule has 0 aliphatic carbocycles. The van der Waals surface area contributed by atoms with Gasteiger partial charge in [-0.3, -0.25) is 0 Å². The molecule has 2 N–H and O–H groups in total. The number of hydrogen-bond donors (Lipinski definition) is 2. The monoisotopic (exact) mass is 315 g/mol. The molecule has 1 heterocycles. The lowest BCUT2D eigenvalue weighted by molar-refractivity contribution is 0.196. The number of thiocarbonyl (C=S) groups is 1. The summed E-state index contributed by atoms with van der Waals surface area (Å²) in [4.78, 5) is 4.42. The van der Waals surface area contributed by atoms with Crippen molar-refractivity contribution in [2.45, 2.75) is 6.42 Å². The Morgan fingerprint density at radius 3 is 3.11 bits per heavy atom. The maximum Gasteiger partial charge on any atom is 0.190 e. The molecule has 0 aliphatic heterocycles. The van der Waals surface area contributed by atoms with Crippen molar-refractivity contribution < 1.29 is 4.74 Å². The molecule has 7 heteroatoms. The molecule has 0 saturated carbocycles. The Morgan fingerprint density at radius 2 is 2.37 bits per heavy atom. The standard InChI is InChI=1S/C12H14ClN3OS2/c1-17-7-3-6-14-11(18)16-12-15-10-8(13)4-2-5-9(10)19-12/h2,4-5H,3,6-7H2,1H3,(H2,14,15,16,18). The maximum absolute atomic E-state index is 6.08. The fraction of sp³-hybridized carbons (Fsp3) is 0.333. The molecule has 2 aromatic rings. The molecule has 0 fully saturated rings. The number of fused-ring (bicyclic) bond motifs is 1. The fourth-order valence-electron chi connectivity index (χ4n) is 1.53. The van der Waals surface area contributed by atoms with Gasteiger partial charge in [-0.2, -0.15) is 0 Å². The Balaban J connectivity index is 1.94. The maximum atomic E-state index is 6.08. The number of para-hydroxylation sites is 1. The van der Waals surface area contributed by atoms with E-state index < -0.39 is 0 Å². The second kappa shape index (κ2) is 7.00. The zero-order valence-corrected chi connectivity index (χ0v) is 12.8. The van der Waals surface area contributed by atoms with Gasteiger partial charge in [0.15, 0.2) is 10.2 Å². The van der Waals surface area contributed by atoms with Gasteiger partial charge in [-0.1, -0.05) is 29.0 Å². The van der Waals surface area contributed by atoms with E-state index in [0.29, 0.717) is 16.7 Å². The number of aromatic nitrogens is 1. The second-order valence-corrected chi connectivity index (χ2v) is 5.68. The Labute approximate surface area is 126 Å². The summed E-state index contributed by atoms with van der Waals surface area (Å²) in [5.41, 5.74) is 0.804. The molecule has 0 radical (unpaired) electrons. The predicted molar refractivity (Wildman–Crippen MR) is 85.3 cm³/mol. The van der Waals surface area contributed by atoms with Crippen molar-refractivity contribution in [3.63, 3.8) is 0 Å². The van der Waals surface area contributed by atoms with Gasteiger partial charge < -0.3 is 15.4 Å². The van der Waals surface area contributed by atoms with Crippen molar-refractivity contribution in [1.29, 1.82) is 0 Å². The summed E-state index contributed by atoms with van der Waals surface area (Å²) in [6.07, 6.45) is 0.907. The number of thiazole rings is 1. The summed E-state index contributed by atoms with van der Waals surface area (Å²) in [6.45, 7) is 1.48. The lowest BCUT2D eigenvalue weighted by Crippen LogP contribution is -2.29. The SMILES string of the molecule is COCCCNC(=S)Nc1nc2c(Cl)cccc2s1. The van der Waals surface area contributed by atoms with Crippen LogP contribution in [0.1, 0.15) is 6.42 Å². The third kappa shape index (κ3) is 4.01. The zero-order valence-electron chi connectivity index (χ0n) is 10.4. The van der Waals surface area contributed by atoms with E-state index in [1.54, 1.807) is 7.11 Å². The predicted octanol–water partition coefficient (Wildman–Crippen LogP) is 3.27. The summed E-state index contributed by atoms with van der Waals surface area (Å²) < 4.78 is 6.01. The minimum absolute atomic E-state index is 0.561. The van der Waals surface area contributed by atoms with E-state index in [4.69, 9.17) is 28.6 Å². The van der Waals surface area contributed by atoms with Gasteiger partial charge in [-0.05, 0) is 30.8 Å². The number of benzene rings is 1. The van der Waals surface area contributed by atoms with Crippen LogP contribution in [-0.2, 0) is 4.74 Å². The Bertz CT molecular complexity index is 573. The van der Waals surface area contributed by atoms with E-state index >= 15 is 0 Å². The average Bonchev–Trinajstić information content (AvgIpc) is 2.79. The van der Waals surface area contributed by atoms with Gasteiger partial charge in [0.05, 0.1) is 9.72 Å². The van der Waals surface area contributed by atoms with E-state index in [9.17, 15) is 0 Å². The van der Waals surface area contributed by atoms with Crippen LogP contribution in [0.25, 0.3) is 10.2 Å². The Kier molecular flexibility index (Phi) is 5.33. The normalized spacial score (nSPS) is 10.6. The van der Waals surface area contributed by atoms with E-state index in [1.165, 1.54) is 11.3 Å². The van der Waals surface area contributed by atoms with Gasteiger partial charge in [0.1, 0.15) is 5.52 Å². The molecule has 19 heavy (non-hydrogen) atoms. The highest BCUT2D eigenvalue weighted by Gasteiger charge is 2.07. The van der Waals surface area contributed by atoms with Crippen LogP contribution in [0.15, 0.2) is 18.2 Å². The minimum Gasteiger partial charge on any atom is -0.385 e. The molecule has 102 valence electrons. The molecule has 0 aliphatic rings. The fourth-order valence-corrected chi connectivity index (χ4v) is 2.96. The smallest absolute Gasteiger partial charge is 0.190 e. The second-order valence-electron chi connectivity index (χ2n) is 3.83. The third-order valence-corrected chi connectivity index (χ3v) is 3.89. The summed E-state index contributed by atoms with van der Waals surface area (Å²) >= 11 is 12.8. The molecule has 0 atom stereocenters. The average molecular weight is 316 g/mol. The highest BCUT2D eigenvalue weighted by molar-refractivity contribution is 7.80.